The van der Waals surface area contributed by atoms with E-state index in [0.717, 1.165) is 38.0 Å². The number of benzene rings is 1. The second-order valence-electron chi connectivity index (χ2n) is 7.46. The molecule has 29 heavy (non-hydrogen) atoms. The topological polar surface area (TPSA) is 89.1 Å². The van der Waals surface area contributed by atoms with Gasteiger partial charge in [0.15, 0.2) is 5.82 Å². The van der Waals surface area contributed by atoms with Crippen molar-refractivity contribution in [2.24, 2.45) is 5.92 Å². The van der Waals surface area contributed by atoms with Gasteiger partial charge in [-0.2, -0.15) is 4.98 Å². The standard InChI is InChI=1S/C21H26N6O2/c28-21(27-11-4-7-18(15-27)14-26-12-10-22-16-26)23-9-8-20-24-19(25-29-20)13-17-5-2-1-3-6-17/h1-3,5-6,10,12,16,18H,4,7-9,11,13-15H2,(H,23,28)/t18-/m1/s1. The van der Waals surface area contributed by atoms with Gasteiger partial charge in [0.05, 0.1) is 6.33 Å². The molecule has 8 heteroatoms. The lowest BCUT2D eigenvalue weighted by atomic mass is 9.98. The molecule has 1 aromatic carbocycles. The number of nitrogens with one attached hydrogen (secondary N) is 1. The minimum Gasteiger partial charge on any atom is -0.339 e. The first kappa shape index (κ1) is 19.2. The lowest BCUT2D eigenvalue weighted by molar-refractivity contribution is 0.159. The molecule has 152 valence electrons. The number of likely N-dealkylation sites (tertiary alicyclic amines) is 1. The number of aromatic nitrogens is 4. The van der Waals surface area contributed by atoms with Gasteiger partial charge in [0.1, 0.15) is 0 Å². The Kier molecular flexibility index (Phi) is 6.19. The number of nitrogens with zero attached hydrogens (tertiary/aromatic N) is 5. The Morgan fingerprint density at radius 1 is 1.28 bits per heavy atom. The SMILES string of the molecule is O=C(NCCc1nc(Cc2ccccc2)no1)N1CCC[C@H](Cn2ccnc2)C1. The molecule has 0 spiro atoms. The predicted molar refractivity (Wildman–Crippen MR) is 107 cm³/mol. The van der Waals surface area contributed by atoms with E-state index >= 15 is 0 Å². The number of hydrogen-bond donors (Lipinski definition) is 1. The number of piperidine rings is 1. The van der Waals surface area contributed by atoms with Crippen LogP contribution in [0.15, 0.2) is 53.6 Å². The predicted octanol–water partition coefficient (Wildman–Crippen LogP) is 2.52. The van der Waals surface area contributed by atoms with Crippen LogP contribution in [-0.2, 0) is 19.4 Å². The maximum atomic E-state index is 12.5. The third-order valence-electron chi connectivity index (χ3n) is 5.16. The Bertz CT molecular complexity index is 893. The summed E-state index contributed by atoms with van der Waals surface area (Å²) in [5.74, 6) is 1.67. The van der Waals surface area contributed by atoms with Crippen molar-refractivity contribution in [2.45, 2.75) is 32.2 Å². The van der Waals surface area contributed by atoms with Crippen LogP contribution < -0.4 is 5.32 Å². The fourth-order valence-corrected chi connectivity index (χ4v) is 3.72. The molecular formula is C21H26N6O2. The average Bonchev–Trinajstić information content (AvgIpc) is 3.41. The van der Waals surface area contributed by atoms with E-state index in [-0.39, 0.29) is 6.03 Å². The van der Waals surface area contributed by atoms with Crippen molar-refractivity contribution >= 4 is 6.03 Å². The molecule has 0 unspecified atom stereocenters. The fourth-order valence-electron chi connectivity index (χ4n) is 3.72. The highest BCUT2D eigenvalue weighted by Crippen LogP contribution is 2.18. The van der Waals surface area contributed by atoms with Crippen molar-refractivity contribution in [2.75, 3.05) is 19.6 Å². The van der Waals surface area contributed by atoms with E-state index in [4.69, 9.17) is 4.52 Å². The number of rotatable bonds is 7. The summed E-state index contributed by atoms with van der Waals surface area (Å²) in [4.78, 5) is 22.9. The zero-order valence-corrected chi connectivity index (χ0v) is 16.4. The molecule has 3 heterocycles. The van der Waals surface area contributed by atoms with Crippen molar-refractivity contribution in [1.82, 2.24) is 29.9 Å². The molecule has 1 aliphatic rings. The molecule has 4 rings (SSSR count). The van der Waals surface area contributed by atoms with Crippen molar-refractivity contribution in [3.05, 3.63) is 66.3 Å². The Morgan fingerprint density at radius 2 is 2.17 bits per heavy atom. The smallest absolute Gasteiger partial charge is 0.317 e. The zero-order chi connectivity index (χ0) is 19.9. The molecule has 2 aromatic heterocycles. The van der Waals surface area contributed by atoms with Crippen molar-refractivity contribution in [3.63, 3.8) is 0 Å². The van der Waals surface area contributed by atoms with Crippen LogP contribution in [-0.4, -0.2) is 50.3 Å². The van der Waals surface area contributed by atoms with Gasteiger partial charge >= 0.3 is 6.03 Å². The van der Waals surface area contributed by atoms with Crippen LogP contribution in [0.25, 0.3) is 0 Å². The molecule has 1 fully saturated rings. The number of carbonyl (C=O) groups excluding carboxylic acids is 1. The summed E-state index contributed by atoms with van der Waals surface area (Å²) in [6.45, 7) is 2.95. The van der Waals surface area contributed by atoms with E-state index in [1.54, 1.807) is 6.20 Å². The Morgan fingerprint density at radius 3 is 3.00 bits per heavy atom. The minimum absolute atomic E-state index is 0.0237. The normalized spacial score (nSPS) is 16.7. The maximum absolute atomic E-state index is 12.5. The van der Waals surface area contributed by atoms with Gasteiger partial charge in [-0.25, -0.2) is 9.78 Å². The largest absolute Gasteiger partial charge is 0.339 e. The van der Waals surface area contributed by atoms with Crippen molar-refractivity contribution in [1.29, 1.82) is 0 Å². The first-order valence-electron chi connectivity index (χ1n) is 10.1. The summed E-state index contributed by atoms with van der Waals surface area (Å²) in [5.41, 5.74) is 1.14. The molecule has 3 aromatic rings. The van der Waals surface area contributed by atoms with E-state index in [1.807, 2.05) is 47.8 Å². The highest BCUT2D eigenvalue weighted by Gasteiger charge is 2.23. The molecule has 1 N–H and O–H groups in total. The number of amides is 2. The van der Waals surface area contributed by atoms with Crippen LogP contribution in [0.4, 0.5) is 4.79 Å². The molecule has 2 amide bonds. The summed E-state index contributed by atoms with van der Waals surface area (Å²) in [6.07, 6.45) is 8.91. The Labute approximate surface area is 169 Å². The third-order valence-corrected chi connectivity index (χ3v) is 5.16. The molecule has 1 saturated heterocycles. The van der Waals surface area contributed by atoms with Crippen LogP contribution in [0.1, 0.15) is 30.1 Å². The summed E-state index contributed by atoms with van der Waals surface area (Å²) >= 11 is 0. The van der Waals surface area contributed by atoms with Crippen LogP contribution in [0.3, 0.4) is 0 Å². The fraction of sp³-hybridized carbons (Fsp3) is 0.429. The van der Waals surface area contributed by atoms with E-state index in [0.29, 0.717) is 37.0 Å². The van der Waals surface area contributed by atoms with Gasteiger partial charge in [0.25, 0.3) is 0 Å². The van der Waals surface area contributed by atoms with Gasteiger partial charge in [-0.3, -0.25) is 0 Å². The quantitative estimate of drug-likeness (QED) is 0.665. The van der Waals surface area contributed by atoms with Gasteiger partial charge in [-0.05, 0) is 24.3 Å². The number of hydrogen-bond acceptors (Lipinski definition) is 5. The highest BCUT2D eigenvalue weighted by atomic mass is 16.5. The Balaban J connectivity index is 1.20. The minimum atomic E-state index is -0.0237. The van der Waals surface area contributed by atoms with Crippen LogP contribution in [0.5, 0.6) is 0 Å². The lowest BCUT2D eigenvalue weighted by Crippen LogP contribution is -2.46. The van der Waals surface area contributed by atoms with Gasteiger partial charge in [0, 0.05) is 51.4 Å². The molecule has 1 aliphatic heterocycles. The van der Waals surface area contributed by atoms with Gasteiger partial charge < -0.3 is 19.3 Å². The van der Waals surface area contributed by atoms with Crippen LogP contribution in [0, 0.1) is 5.92 Å². The first-order chi connectivity index (χ1) is 14.3. The van der Waals surface area contributed by atoms with Gasteiger partial charge in [0.2, 0.25) is 5.89 Å². The molecule has 0 aliphatic carbocycles. The van der Waals surface area contributed by atoms with Gasteiger partial charge in [-0.1, -0.05) is 35.5 Å². The van der Waals surface area contributed by atoms with Crippen LogP contribution >= 0.6 is 0 Å². The van der Waals surface area contributed by atoms with E-state index < -0.39 is 0 Å². The summed E-state index contributed by atoms with van der Waals surface area (Å²) in [7, 11) is 0. The summed E-state index contributed by atoms with van der Waals surface area (Å²) in [6, 6.07) is 10.0. The lowest BCUT2D eigenvalue weighted by Gasteiger charge is -2.32. The van der Waals surface area contributed by atoms with E-state index in [1.165, 1.54) is 0 Å². The van der Waals surface area contributed by atoms with Crippen LogP contribution in [0.2, 0.25) is 0 Å². The second kappa shape index (κ2) is 9.36. The zero-order valence-electron chi connectivity index (χ0n) is 16.4. The van der Waals surface area contributed by atoms with Crippen molar-refractivity contribution in [3.8, 4) is 0 Å². The number of urea groups is 1. The summed E-state index contributed by atoms with van der Waals surface area (Å²) < 4.78 is 7.38. The van der Waals surface area contributed by atoms with Gasteiger partial charge in [-0.15, -0.1) is 0 Å². The first-order valence-corrected chi connectivity index (χ1v) is 10.1. The molecule has 8 nitrogen and oxygen atoms in total. The molecule has 1 atom stereocenters. The molecule has 0 saturated carbocycles. The molecular weight excluding hydrogens is 368 g/mol. The summed E-state index contributed by atoms with van der Waals surface area (Å²) in [5, 5.41) is 7.01. The molecule has 0 bridgehead atoms. The van der Waals surface area contributed by atoms with E-state index in [9.17, 15) is 4.79 Å². The average molecular weight is 394 g/mol. The monoisotopic (exact) mass is 394 g/mol. The van der Waals surface area contributed by atoms with Crippen molar-refractivity contribution < 1.29 is 9.32 Å². The Hall–Kier alpha value is -3.16. The van der Waals surface area contributed by atoms with E-state index in [2.05, 4.69) is 25.0 Å². The second-order valence-corrected chi connectivity index (χ2v) is 7.46. The highest BCUT2D eigenvalue weighted by molar-refractivity contribution is 5.74. The number of carbonyl (C=O) groups is 1. The number of imidazole rings is 1. The maximum Gasteiger partial charge on any atom is 0.317 e. The molecule has 0 radical (unpaired) electrons. The third kappa shape index (κ3) is 5.43.